The van der Waals surface area contributed by atoms with Crippen molar-refractivity contribution in [2.45, 2.75) is 116 Å². The van der Waals surface area contributed by atoms with E-state index in [0.717, 1.165) is 4.90 Å². The number of fused-ring (bicyclic) bond motifs is 2. The van der Waals surface area contributed by atoms with Crippen LogP contribution in [-0.2, 0) is 24.1 Å². The summed E-state index contributed by atoms with van der Waals surface area (Å²) in [5, 5.41) is -0.0842. The maximum atomic E-state index is 14.6. The van der Waals surface area contributed by atoms with Gasteiger partial charge in [-0.2, -0.15) is 0 Å². The van der Waals surface area contributed by atoms with Crippen LogP contribution in [0.4, 0.5) is 15.3 Å². The molecule has 0 bridgehead atoms. The predicted octanol–water partition coefficient (Wildman–Crippen LogP) is 6.64. The highest BCUT2D eigenvalue weighted by atomic mass is 28.4. The Balaban J connectivity index is 2.21. The minimum absolute atomic E-state index is 0.0842. The molecule has 0 aliphatic carbocycles. The molecular weight excluding hydrogens is 528 g/mol. The van der Waals surface area contributed by atoms with E-state index in [2.05, 4.69) is 33.9 Å². The van der Waals surface area contributed by atoms with E-state index in [-0.39, 0.29) is 11.6 Å². The van der Waals surface area contributed by atoms with Gasteiger partial charge in [-0.3, -0.25) is 4.79 Å². The minimum Gasteiger partial charge on any atom is -0.497 e. The van der Waals surface area contributed by atoms with Crippen molar-refractivity contribution < 1.29 is 33.0 Å². The second-order valence-electron chi connectivity index (χ2n) is 14.3. The molecular formula is C30H48N2O7Si. The van der Waals surface area contributed by atoms with Gasteiger partial charge in [-0.05, 0) is 84.1 Å². The standard InChI is InChI=1S/C30H48N2O7Si/c1-27(2,3)38-25(34)31-17-13-16-30(23(31)19-37-40(11,12)29(7,8)9)21-15-14-20(36-10)18-22(21)32(24(30)33)26(35)39-28(4,5)6/h14-15,18,23H,13,16-17,19H2,1-12H3. The Labute approximate surface area is 240 Å². The number of ether oxygens (including phenoxy) is 3. The molecule has 0 radical (unpaired) electrons. The summed E-state index contributed by atoms with van der Waals surface area (Å²) in [5.74, 6) is 0.0770. The molecule has 2 aliphatic heterocycles. The summed E-state index contributed by atoms with van der Waals surface area (Å²) in [6, 6.07) is 4.60. The first-order valence-corrected chi connectivity index (χ1v) is 16.9. The van der Waals surface area contributed by atoms with Crippen LogP contribution >= 0.6 is 0 Å². The summed E-state index contributed by atoms with van der Waals surface area (Å²) in [6.07, 6.45) is -0.277. The van der Waals surface area contributed by atoms with Gasteiger partial charge in [0.1, 0.15) is 17.0 Å². The third-order valence-corrected chi connectivity index (χ3v) is 12.5. The molecule has 1 spiro atoms. The Morgan fingerprint density at radius 2 is 1.55 bits per heavy atom. The monoisotopic (exact) mass is 576 g/mol. The van der Waals surface area contributed by atoms with Gasteiger partial charge < -0.3 is 23.5 Å². The Morgan fingerprint density at radius 3 is 2.08 bits per heavy atom. The third-order valence-electron chi connectivity index (χ3n) is 8.04. The molecule has 1 fully saturated rings. The first-order chi connectivity index (χ1) is 18.1. The predicted molar refractivity (Wildman–Crippen MR) is 158 cm³/mol. The number of rotatable bonds is 4. The van der Waals surface area contributed by atoms with Gasteiger partial charge in [-0.1, -0.05) is 26.8 Å². The zero-order chi connectivity index (χ0) is 30.5. The lowest BCUT2D eigenvalue weighted by atomic mass is 9.69. The lowest BCUT2D eigenvalue weighted by molar-refractivity contribution is -0.128. The van der Waals surface area contributed by atoms with Crippen molar-refractivity contribution in [1.29, 1.82) is 0 Å². The molecule has 3 amide bonds. The molecule has 0 N–H and O–H groups in total. The van der Waals surface area contributed by atoms with E-state index in [9.17, 15) is 14.4 Å². The topological polar surface area (TPSA) is 94.6 Å². The van der Waals surface area contributed by atoms with Crippen LogP contribution in [-0.4, -0.2) is 68.8 Å². The molecule has 1 aromatic carbocycles. The molecule has 10 heteroatoms. The molecule has 1 saturated heterocycles. The summed E-state index contributed by atoms with van der Waals surface area (Å²) in [7, 11) is -0.747. The number of hydrogen-bond donors (Lipinski definition) is 0. The molecule has 0 aromatic heterocycles. The van der Waals surface area contributed by atoms with Crippen LogP contribution in [0.15, 0.2) is 18.2 Å². The molecule has 2 unspecified atom stereocenters. The average molecular weight is 577 g/mol. The molecule has 3 rings (SSSR count). The molecule has 9 nitrogen and oxygen atoms in total. The number of carbonyl (C=O) groups is 3. The molecule has 0 saturated carbocycles. The maximum Gasteiger partial charge on any atom is 0.421 e. The Morgan fingerprint density at radius 1 is 0.975 bits per heavy atom. The smallest absolute Gasteiger partial charge is 0.421 e. The molecule has 40 heavy (non-hydrogen) atoms. The molecule has 2 heterocycles. The van der Waals surface area contributed by atoms with Crippen molar-refractivity contribution in [3.05, 3.63) is 23.8 Å². The van der Waals surface area contributed by atoms with Gasteiger partial charge in [-0.15, -0.1) is 0 Å². The third kappa shape index (κ3) is 6.17. The first-order valence-electron chi connectivity index (χ1n) is 14.0. The van der Waals surface area contributed by atoms with Gasteiger partial charge in [0.05, 0.1) is 30.9 Å². The van der Waals surface area contributed by atoms with E-state index >= 15 is 0 Å². The normalized spacial score (nSPS) is 21.9. The van der Waals surface area contributed by atoms with E-state index in [1.54, 1.807) is 37.8 Å². The summed E-state index contributed by atoms with van der Waals surface area (Å²) in [4.78, 5) is 44.5. The Kier molecular flexibility index (Phi) is 8.52. The highest BCUT2D eigenvalue weighted by Crippen LogP contribution is 2.52. The van der Waals surface area contributed by atoms with Crippen molar-refractivity contribution in [3.63, 3.8) is 0 Å². The van der Waals surface area contributed by atoms with E-state index in [1.807, 2.05) is 26.8 Å². The zero-order valence-corrected chi connectivity index (χ0v) is 27.4. The number of likely N-dealkylation sites (tertiary alicyclic amines) is 1. The highest BCUT2D eigenvalue weighted by Gasteiger charge is 2.62. The van der Waals surface area contributed by atoms with E-state index in [4.69, 9.17) is 18.6 Å². The van der Waals surface area contributed by atoms with Gasteiger partial charge in [0.15, 0.2) is 8.32 Å². The van der Waals surface area contributed by atoms with Crippen LogP contribution in [0.2, 0.25) is 18.1 Å². The molecule has 2 atom stereocenters. The van der Waals surface area contributed by atoms with Crippen molar-refractivity contribution in [3.8, 4) is 5.75 Å². The minimum atomic E-state index is -2.28. The quantitative estimate of drug-likeness (QED) is 0.371. The van der Waals surface area contributed by atoms with Crippen LogP contribution in [0.25, 0.3) is 0 Å². The number of carbonyl (C=O) groups excluding carboxylic acids is 3. The van der Waals surface area contributed by atoms with Crippen LogP contribution in [0, 0.1) is 0 Å². The summed E-state index contributed by atoms with van der Waals surface area (Å²) >= 11 is 0. The van der Waals surface area contributed by atoms with Gasteiger partial charge in [0.25, 0.3) is 0 Å². The maximum absolute atomic E-state index is 14.6. The van der Waals surface area contributed by atoms with Crippen molar-refractivity contribution in [2.75, 3.05) is 25.2 Å². The Hall–Kier alpha value is -2.59. The second-order valence-corrected chi connectivity index (χ2v) is 19.1. The van der Waals surface area contributed by atoms with Gasteiger partial charge in [0.2, 0.25) is 5.91 Å². The number of hydrogen-bond acceptors (Lipinski definition) is 7. The second kappa shape index (κ2) is 10.7. The van der Waals surface area contributed by atoms with Crippen LogP contribution in [0.5, 0.6) is 5.75 Å². The van der Waals surface area contributed by atoms with Gasteiger partial charge >= 0.3 is 12.2 Å². The summed E-state index contributed by atoms with van der Waals surface area (Å²) in [6.45, 7) is 22.0. The van der Waals surface area contributed by atoms with Crippen LogP contribution in [0.3, 0.4) is 0 Å². The van der Waals surface area contributed by atoms with E-state index in [1.165, 1.54) is 7.11 Å². The summed E-state index contributed by atoms with van der Waals surface area (Å²) < 4.78 is 23.7. The number of anilines is 1. The van der Waals surface area contributed by atoms with Crippen molar-refractivity contribution >= 4 is 32.1 Å². The van der Waals surface area contributed by atoms with Gasteiger partial charge in [-0.25, -0.2) is 14.5 Å². The number of methoxy groups -OCH3 is 1. The van der Waals surface area contributed by atoms with E-state index in [0.29, 0.717) is 36.4 Å². The zero-order valence-electron chi connectivity index (χ0n) is 26.4. The Bertz CT molecular complexity index is 1150. The number of nitrogens with zero attached hydrogens (tertiary/aromatic N) is 2. The van der Waals surface area contributed by atoms with Crippen LogP contribution < -0.4 is 9.64 Å². The molecule has 1 aromatic rings. The van der Waals surface area contributed by atoms with Crippen molar-refractivity contribution in [1.82, 2.24) is 4.90 Å². The molecule has 224 valence electrons. The van der Waals surface area contributed by atoms with Crippen LogP contribution in [0.1, 0.15) is 80.7 Å². The highest BCUT2D eigenvalue weighted by molar-refractivity contribution is 6.74. The number of amides is 3. The fraction of sp³-hybridized carbons (Fsp3) is 0.700. The lowest BCUT2D eigenvalue weighted by Crippen LogP contribution is -2.64. The number of piperidine rings is 1. The molecule has 2 aliphatic rings. The fourth-order valence-electron chi connectivity index (χ4n) is 5.07. The fourth-order valence-corrected chi connectivity index (χ4v) is 6.08. The lowest BCUT2D eigenvalue weighted by Gasteiger charge is -2.48. The van der Waals surface area contributed by atoms with Gasteiger partial charge in [0, 0.05) is 12.6 Å². The largest absolute Gasteiger partial charge is 0.497 e. The average Bonchev–Trinajstić information content (AvgIpc) is 3.02. The SMILES string of the molecule is COc1ccc2c(c1)N(C(=O)OC(C)(C)C)C(=O)C21CCCN(C(=O)OC(C)(C)C)C1CO[Si](C)(C)C(C)(C)C. The van der Waals surface area contributed by atoms with Crippen molar-refractivity contribution in [2.24, 2.45) is 0 Å². The first kappa shape index (κ1) is 31.9. The summed E-state index contributed by atoms with van der Waals surface area (Å²) in [5.41, 5.74) is -1.70. The number of benzene rings is 1. The number of imide groups is 1. The van der Waals surface area contributed by atoms with E-state index < -0.39 is 49.1 Å².